The molecule has 8 nitrogen and oxygen atoms in total. The zero-order chi connectivity index (χ0) is 45.0. The van der Waals surface area contributed by atoms with Gasteiger partial charge in [-0.1, -0.05) is 24.3 Å². The van der Waals surface area contributed by atoms with Crippen molar-refractivity contribution >= 4 is 91.7 Å². The van der Waals surface area contributed by atoms with Gasteiger partial charge >= 0.3 is 0 Å². The number of nitrogens with zero attached hydrogens (tertiary/aromatic N) is 6. The minimum absolute atomic E-state index is 0.803. The average molecular weight is 947 g/mol. The second-order valence-electron chi connectivity index (χ2n) is 16.3. The third kappa shape index (κ3) is 7.36. The lowest BCUT2D eigenvalue weighted by Crippen LogP contribution is -1.91. The lowest BCUT2D eigenvalue weighted by Gasteiger charge is -2.08. The summed E-state index contributed by atoms with van der Waals surface area (Å²) >= 11 is 6.78. The number of fused-ring (bicyclic) bond motifs is 8. The lowest BCUT2D eigenvalue weighted by molar-refractivity contribution is 1.28. The Bertz CT molecular complexity index is 3410. The number of thiophene rings is 4. The van der Waals surface area contributed by atoms with E-state index in [0.717, 1.165) is 131 Å². The number of rotatable bonds is 8. The van der Waals surface area contributed by atoms with E-state index in [2.05, 4.69) is 153 Å². The molecule has 13 rings (SSSR count). The molecule has 0 amide bonds. The van der Waals surface area contributed by atoms with Gasteiger partial charge in [-0.2, -0.15) is 0 Å². The Hall–Kier alpha value is -8.00. The van der Waals surface area contributed by atoms with Crippen LogP contribution in [0, 0.1) is 0 Å². The lowest BCUT2D eigenvalue weighted by atomic mass is 10.0. The summed E-state index contributed by atoms with van der Waals surface area (Å²) in [6, 6.07) is 34.2. The molecule has 0 saturated heterocycles. The Morgan fingerprint density at radius 2 is 0.544 bits per heavy atom. The molecule has 0 unspecified atom stereocenters. The molecule has 13 heterocycles. The number of H-pyrrole nitrogens is 2. The van der Waals surface area contributed by atoms with Crippen LogP contribution in [0.2, 0.25) is 0 Å². The van der Waals surface area contributed by atoms with E-state index in [1.807, 2.05) is 49.6 Å². The van der Waals surface area contributed by atoms with E-state index in [0.29, 0.717) is 0 Å². The SMILES string of the molecule is C1=Cc2nc1c(-c1cncc(-c3cccs3)c1)c1ccc([nH]1)c(-c1cncc(-c3cccs3)c1)c1nc(c(-c3cncc(-c4cccs4)c3)c3ccc([nH]3)c2-c2cncc(-c3cccs3)c2)C=C1. The maximum absolute atomic E-state index is 5.55. The number of aromatic amines is 2. The van der Waals surface area contributed by atoms with Gasteiger partial charge in [0.15, 0.2) is 0 Å². The number of hydrogen-bond donors (Lipinski definition) is 2. The molecule has 0 atom stereocenters. The summed E-state index contributed by atoms with van der Waals surface area (Å²) in [7, 11) is 0. The predicted octanol–water partition coefficient (Wildman–Crippen LogP) is 15.8. The van der Waals surface area contributed by atoms with E-state index in [9.17, 15) is 0 Å². The number of aromatic nitrogens is 8. The van der Waals surface area contributed by atoms with Crippen LogP contribution in [-0.4, -0.2) is 39.9 Å². The minimum atomic E-state index is 0.803. The van der Waals surface area contributed by atoms with E-state index in [1.54, 1.807) is 45.3 Å². The van der Waals surface area contributed by atoms with E-state index in [1.165, 1.54) is 0 Å². The summed E-state index contributed by atoms with van der Waals surface area (Å²) in [4.78, 5) is 42.7. The van der Waals surface area contributed by atoms with Crippen LogP contribution in [-0.2, 0) is 0 Å². The standard InChI is InChI=1S/C56H34N8S4/c1-5-49(65-17-1)33-21-37(29-57-25-33)53-41-9-11-43(61-41)54(38-22-34(26-58-30-38)50-6-2-18-66-50)45-13-15-47(63-45)56(40-24-36(28-60-32-40)52-8-4-20-68-52)48-16-14-46(64-48)55(44-12-10-42(53)62-44)39-23-35(27-59-31-39)51-7-3-19-67-51/h1-32,61,64H. The quantitative estimate of drug-likeness (QED) is 0.157. The van der Waals surface area contributed by atoms with Crippen molar-refractivity contribution in [2.24, 2.45) is 0 Å². The van der Waals surface area contributed by atoms with E-state index in [-0.39, 0.29) is 0 Å². The highest BCUT2D eigenvalue weighted by atomic mass is 32.1. The normalized spacial score (nSPS) is 12.0. The van der Waals surface area contributed by atoms with Crippen LogP contribution < -0.4 is 0 Å². The van der Waals surface area contributed by atoms with Crippen LogP contribution in [0.25, 0.3) is 133 Å². The van der Waals surface area contributed by atoms with Crippen molar-refractivity contribution < 1.29 is 0 Å². The fourth-order valence-corrected chi connectivity index (χ4v) is 11.9. The monoisotopic (exact) mass is 946 g/mol. The first-order valence-electron chi connectivity index (χ1n) is 21.8. The van der Waals surface area contributed by atoms with Crippen molar-refractivity contribution in [2.75, 3.05) is 0 Å². The third-order valence-corrected chi connectivity index (χ3v) is 15.8. The van der Waals surface area contributed by atoms with Gasteiger partial charge in [-0.3, -0.25) is 19.9 Å². The first-order chi connectivity index (χ1) is 33.7. The molecule has 2 aliphatic rings. The second-order valence-corrected chi connectivity index (χ2v) is 20.1. The Morgan fingerprint density at radius 3 is 0.779 bits per heavy atom. The summed E-state index contributed by atoms with van der Waals surface area (Å²) in [6.45, 7) is 0. The number of nitrogens with one attached hydrogen (secondary N) is 2. The molecule has 68 heavy (non-hydrogen) atoms. The van der Waals surface area contributed by atoms with Gasteiger partial charge in [-0.15, -0.1) is 45.3 Å². The van der Waals surface area contributed by atoms with Crippen LogP contribution in [0.4, 0.5) is 0 Å². The summed E-state index contributed by atoms with van der Waals surface area (Å²) in [5.41, 5.74) is 18.4. The maximum Gasteiger partial charge on any atom is 0.0737 e. The summed E-state index contributed by atoms with van der Waals surface area (Å²) in [5, 5.41) is 8.38. The van der Waals surface area contributed by atoms with Crippen LogP contribution in [0.15, 0.2) is 168 Å². The Balaban J connectivity index is 1.15. The molecule has 11 aromatic rings. The summed E-state index contributed by atoms with van der Waals surface area (Å²) in [5.74, 6) is 0. The van der Waals surface area contributed by atoms with E-state index < -0.39 is 0 Å². The van der Waals surface area contributed by atoms with Crippen molar-refractivity contribution in [1.29, 1.82) is 0 Å². The summed E-state index contributed by atoms with van der Waals surface area (Å²) < 4.78 is 0. The van der Waals surface area contributed by atoms with Crippen molar-refractivity contribution in [3.63, 3.8) is 0 Å². The zero-order valence-corrected chi connectivity index (χ0v) is 39.1. The van der Waals surface area contributed by atoms with E-state index >= 15 is 0 Å². The molecule has 2 N–H and O–H groups in total. The van der Waals surface area contributed by atoms with Gasteiger partial charge in [0, 0.05) is 158 Å². The van der Waals surface area contributed by atoms with Gasteiger partial charge in [0.1, 0.15) is 0 Å². The Morgan fingerprint density at radius 1 is 0.294 bits per heavy atom. The molecule has 0 aliphatic carbocycles. The molecule has 0 aromatic carbocycles. The first-order valence-corrected chi connectivity index (χ1v) is 25.3. The second kappa shape index (κ2) is 17.0. The van der Waals surface area contributed by atoms with E-state index in [4.69, 9.17) is 29.9 Å². The van der Waals surface area contributed by atoms with Crippen molar-refractivity contribution in [3.05, 3.63) is 191 Å². The molecular weight excluding hydrogens is 913 g/mol. The number of hydrogen-bond acceptors (Lipinski definition) is 10. The largest absolute Gasteiger partial charge is 0.354 e. The molecule has 0 fully saturated rings. The van der Waals surface area contributed by atoms with Gasteiger partial charge < -0.3 is 9.97 Å². The summed E-state index contributed by atoms with van der Waals surface area (Å²) in [6.07, 6.45) is 23.9. The molecule has 0 saturated carbocycles. The highest BCUT2D eigenvalue weighted by Gasteiger charge is 2.21. The van der Waals surface area contributed by atoms with Gasteiger partial charge in [-0.05, 0) is 119 Å². The fourth-order valence-electron chi connectivity index (χ4n) is 9.04. The van der Waals surface area contributed by atoms with Crippen molar-refractivity contribution in [3.8, 4) is 86.3 Å². The van der Waals surface area contributed by atoms with Gasteiger partial charge in [-0.25, -0.2) is 9.97 Å². The Labute approximate surface area is 406 Å². The molecule has 0 spiro atoms. The van der Waals surface area contributed by atoms with Crippen LogP contribution in [0.1, 0.15) is 22.8 Å². The van der Waals surface area contributed by atoms with Crippen LogP contribution in [0.5, 0.6) is 0 Å². The van der Waals surface area contributed by atoms with Crippen LogP contribution >= 0.6 is 45.3 Å². The molecular formula is C56H34N8S4. The first kappa shape index (κ1) is 40.3. The average Bonchev–Trinajstić information content (AvgIpc) is 4.23. The van der Waals surface area contributed by atoms with Gasteiger partial charge in [0.2, 0.25) is 0 Å². The van der Waals surface area contributed by atoms with Crippen LogP contribution in [0.3, 0.4) is 0 Å². The molecule has 8 bridgehead atoms. The Kier molecular flexibility index (Phi) is 10.1. The molecule has 2 aliphatic heterocycles. The number of pyridine rings is 4. The van der Waals surface area contributed by atoms with Crippen molar-refractivity contribution in [1.82, 2.24) is 39.9 Å². The fraction of sp³-hybridized carbons (Fsp3) is 0. The molecule has 12 heteroatoms. The highest BCUT2D eigenvalue weighted by molar-refractivity contribution is 7.14. The molecule has 0 radical (unpaired) electrons. The molecule has 322 valence electrons. The maximum atomic E-state index is 5.55. The third-order valence-electron chi connectivity index (χ3n) is 12.1. The predicted molar refractivity (Wildman–Crippen MR) is 285 cm³/mol. The molecule has 11 aromatic heterocycles. The minimum Gasteiger partial charge on any atom is -0.354 e. The van der Waals surface area contributed by atoms with Gasteiger partial charge in [0.25, 0.3) is 0 Å². The topological polar surface area (TPSA) is 109 Å². The van der Waals surface area contributed by atoms with Crippen molar-refractivity contribution in [2.45, 2.75) is 0 Å². The zero-order valence-electron chi connectivity index (χ0n) is 35.8. The smallest absolute Gasteiger partial charge is 0.0737 e. The highest BCUT2D eigenvalue weighted by Crippen LogP contribution is 2.41. The van der Waals surface area contributed by atoms with Gasteiger partial charge in [0.05, 0.1) is 22.8 Å².